The number of allylic oxidation sites excluding steroid dienone is 3. The maximum atomic E-state index is 12.9. The second-order valence-electron chi connectivity index (χ2n) is 10.1. The highest BCUT2D eigenvalue weighted by Crippen LogP contribution is 2.61. The number of carbonyl (C=O) groups is 1. The van der Waals surface area contributed by atoms with Crippen molar-refractivity contribution < 1.29 is 4.79 Å². The van der Waals surface area contributed by atoms with Crippen LogP contribution in [0.5, 0.6) is 0 Å². The highest BCUT2D eigenvalue weighted by atomic mass is 16.1. The van der Waals surface area contributed by atoms with E-state index in [1.165, 1.54) is 49.7 Å². The van der Waals surface area contributed by atoms with Crippen LogP contribution >= 0.6 is 0 Å². The summed E-state index contributed by atoms with van der Waals surface area (Å²) in [7, 11) is 0. The zero-order chi connectivity index (χ0) is 19.3. The number of hydrogen-bond acceptors (Lipinski definition) is 1. The van der Waals surface area contributed by atoms with Gasteiger partial charge in [-0.05, 0) is 111 Å². The summed E-state index contributed by atoms with van der Waals surface area (Å²) in [6.07, 6.45) is 18.1. The Balaban J connectivity index is 1.36. The van der Waals surface area contributed by atoms with Crippen molar-refractivity contribution in [1.82, 2.24) is 5.32 Å². The minimum atomic E-state index is 0.0839. The molecule has 4 fully saturated rings. The molecule has 0 heterocycles. The van der Waals surface area contributed by atoms with E-state index < -0.39 is 0 Å². The molecule has 0 radical (unpaired) electrons. The van der Waals surface area contributed by atoms with Gasteiger partial charge in [0.15, 0.2) is 0 Å². The van der Waals surface area contributed by atoms with E-state index >= 15 is 0 Å². The SMILES string of the molecule is Cc1c(C(=O)NCC2C=CC=CC2)ccc(C23CC4CC(CC(C4)C2)C3)c1C. The van der Waals surface area contributed by atoms with Crippen LogP contribution in [0.1, 0.15) is 72.0 Å². The molecule has 2 heteroatoms. The number of carbonyl (C=O) groups excluding carboxylic acids is 1. The molecule has 0 spiro atoms. The van der Waals surface area contributed by atoms with Gasteiger partial charge >= 0.3 is 0 Å². The molecule has 28 heavy (non-hydrogen) atoms. The van der Waals surface area contributed by atoms with Crippen molar-refractivity contribution in [2.75, 3.05) is 6.54 Å². The van der Waals surface area contributed by atoms with E-state index in [0.717, 1.165) is 36.3 Å². The molecule has 1 aromatic carbocycles. The monoisotopic (exact) mass is 375 g/mol. The number of amides is 1. The summed E-state index contributed by atoms with van der Waals surface area (Å²) in [5.74, 6) is 3.35. The van der Waals surface area contributed by atoms with Gasteiger partial charge in [-0.2, -0.15) is 0 Å². The topological polar surface area (TPSA) is 29.1 Å². The summed E-state index contributed by atoms with van der Waals surface area (Å²) in [6, 6.07) is 4.43. The summed E-state index contributed by atoms with van der Waals surface area (Å²) in [5.41, 5.74) is 5.37. The minimum absolute atomic E-state index is 0.0839. The molecule has 5 aliphatic carbocycles. The van der Waals surface area contributed by atoms with Crippen molar-refractivity contribution in [3.05, 3.63) is 58.7 Å². The molecular formula is C26H33NO. The van der Waals surface area contributed by atoms with E-state index in [1.54, 1.807) is 5.56 Å². The molecule has 1 unspecified atom stereocenters. The van der Waals surface area contributed by atoms with E-state index in [0.29, 0.717) is 11.3 Å². The van der Waals surface area contributed by atoms with Crippen molar-refractivity contribution in [2.24, 2.45) is 23.7 Å². The van der Waals surface area contributed by atoms with Gasteiger partial charge in [0, 0.05) is 12.1 Å². The second-order valence-corrected chi connectivity index (χ2v) is 10.1. The molecule has 1 atom stereocenters. The van der Waals surface area contributed by atoms with E-state index in [2.05, 4.69) is 55.6 Å². The lowest BCUT2D eigenvalue weighted by Crippen LogP contribution is -2.49. The highest BCUT2D eigenvalue weighted by Gasteiger charge is 2.52. The predicted octanol–water partition coefficient (Wildman–Crippen LogP) is 5.63. The van der Waals surface area contributed by atoms with Crippen molar-refractivity contribution in [2.45, 2.75) is 64.2 Å². The third kappa shape index (κ3) is 3.06. The molecule has 1 amide bonds. The van der Waals surface area contributed by atoms with Gasteiger partial charge in [0.25, 0.3) is 5.91 Å². The number of rotatable bonds is 4. The Morgan fingerprint density at radius 3 is 2.29 bits per heavy atom. The van der Waals surface area contributed by atoms with Gasteiger partial charge in [-0.1, -0.05) is 30.4 Å². The molecular weight excluding hydrogens is 342 g/mol. The molecule has 2 nitrogen and oxygen atoms in total. The van der Waals surface area contributed by atoms with Crippen LogP contribution in [-0.4, -0.2) is 12.5 Å². The van der Waals surface area contributed by atoms with Gasteiger partial charge in [-0.25, -0.2) is 0 Å². The number of nitrogens with one attached hydrogen (secondary N) is 1. The quantitative estimate of drug-likeness (QED) is 0.725. The van der Waals surface area contributed by atoms with Crippen LogP contribution in [-0.2, 0) is 5.41 Å². The standard InChI is InChI=1S/C26H33NO/c1-17-18(2)24(26-13-20-10-21(14-26)12-22(11-20)15-26)9-8-23(17)25(28)27-16-19-6-4-3-5-7-19/h3-6,8-9,19-22H,7,10-16H2,1-2H3,(H,27,28). The summed E-state index contributed by atoms with van der Waals surface area (Å²) in [5, 5.41) is 3.17. The maximum absolute atomic E-state index is 12.9. The fourth-order valence-corrected chi connectivity index (χ4v) is 7.18. The van der Waals surface area contributed by atoms with E-state index in [1.807, 2.05) is 0 Å². The Bertz CT molecular complexity index is 811. The van der Waals surface area contributed by atoms with Gasteiger partial charge in [0.1, 0.15) is 0 Å². The summed E-state index contributed by atoms with van der Waals surface area (Å²) in [6.45, 7) is 5.13. The molecule has 148 valence electrons. The number of hydrogen-bond donors (Lipinski definition) is 1. The minimum Gasteiger partial charge on any atom is -0.351 e. The van der Waals surface area contributed by atoms with Crippen LogP contribution in [0.4, 0.5) is 0 Å². The highest BCUT2D eigenvalue weighted by molar-refractivity contribution is 5.96. The Labute approximate surface area is 169 Å². The smallest absolute Gasteiger partial charge is 0.251 e. The average Bonchev–Trinajstić information content (AvgIpc) is 2.68. The Hall–Kier alpha value is -1.83. The van der Waals surface area contributed by atoms with Crippen LogP contribution in [0.15, 0.2) is 36.4 Å². The lowest BCUT2D eigenvalue weighted by Gasteiger charge is -2.57. The first-order valence-corrected chi connectivity index (χ1v) is 11.3. The molecule has 4 bridgehead atoms. The summed E-state index contributed by atoms with van der Waals surface area (Å²) in [4.78, 5) is 12.9. The zero-order valence-electron chi connectivity index (χ0n) is 17.3. The van der Waals surface area contributed by atoms with E-state index in [9.17, 15) is 4.79 Å². The van der Waals surface area contributed by atoms with Crippen LogP contribution in [0.2, 0.25) is 0 Å². The maximum Gasteiger partial charge on any atom is 0.251 e. The number of benzene rings is 1. The third-order valence-corrected chi connectivity index (χ3v) is 8.24. The van der Waals surface area contributed by atoms with Crippen LogP contribution in [0, 0.1) is 37.5 Å². The molecule has 0 aromatic heterocycles. The second kappa shape index (κ2) is 6.90. The van der Waals surface area contributed by atoms with Gasteiger partial charge in [0.05, 0.1) is 0 Å². The first-order chi connectivity index (χ1) is 13.5. The van der Waals surface area contributed by atoms with Gasteiger partial charge in [-0.15, -0.1) is 0 Å². The predicted molar refractivity (Wildman–Crippen MR) is 114 cm³/mol. The summed E-state index contributed by atoms with van der Waals surface area (Å²) < 4.78 is 0. The fraction of sp³-hybridized carbons (Fsp3) is 0.577. The molecule has 0 aliphatic heterocycles. The molecule has 6 rings (SSSR count). The fourth-order valence-electron chi connectivity index (χ4n) is 7.18. The Kier molecular flexibility index (Phi) is 4.49. The van der Waals surface area contributed by atoms with Crippen LogP contribution in [0.25, 0.3) is 0 Å². The molecule has 1 aromatic rings. The Morgan fingerprint density at radius 1 is 1.00 bits per heavy atom. The lowest BCUT2D eigenvalue weighted by atomic mass is 9.47. The van der Waals surface area contributed by atoms with Crippen molar-refractivity contribution in [3.63, 3.8) is 0 Å². The first-order valence-electron chi connectivity index (χ1n) is 11.3. The van der Waals surface area contributed by atoms with E-state index in [4.69, 9.17) is 0 Å². The van der Waals surface area contributed by atoms with Crippen molar-refractivity contribution >= 4 is 5.91 Å². The molecule has 5 aliphatic rings. The van der Waals surface area contributed by atoms with Gasteiger partial charge in [-0.3, -0.25) is 4.79 Å². The van der Waals surface area contributed by atoms with E-state index in [-0.39, 0.29) is 5.91 Å². The van der Waals surface area contributed by atoms with Crippen molar-refractivity contribution in [1.29, 1.82) is 0 Å². The average molecular weight is 376 g/mol. The first kappa shape index (κ1) is 18.2. The van der Waals surface area contributed by atoms with Crippen LogP contribution < -0.4 is 5.32 Å². The van der Waals surface area contributed by atoms with Gasteiger partial charge in [0.2, 0.25) is 0 Å². The molecule has 1 N–H and O–H groups in total. The van der Waals surface area contributed by atoms with Gasteiger partial charge < -0.3 is 5.32 Å². The normalized spacial score (nSPS) is 35.4. The lowest BCUT2D eigenvalue weighted by molar-refractivity contribution is -0.00550. The molecule has 4 saturated carbocycles. The van der Waals surface area contributed by atoms with Crippen molar-refractivity contribution in [3.8, 4) is 0 Å². The third-order valence-electron chi connectivity index (χ3n) is 8.24. The zero-order valence-corrected chi connectivity index (χ0v) is 17.3. The Morgan fingerprint density at radius 2 is 1.68 bits per heavy atom. The van der Waals surface area contributed by atoms with Crippen LogP contribution in [0.3, 0.4) is 0 Å². The largest absolute Gasteiger partial charge is 0.351 e. The summed E-state index contributed by atoms with van der Waals surface area (Å²) >= 11 is 0. The molecule has 0 saturated heterocycles.